The summed E-state index contributed by atoms with van der Waals surface area (Å²) in [6.45, 7) is 7.29. The van der Waals surface area contributed by atoms with Gasteiger partial charge in [-0.2, -0.15) is 0 Å². The van der Waals surface area contributed by atoms with Gasteiger partial charge >= 0.3 is 0 Å². The SMILES string of the molecule is CN=C(NCCN1CCN(C(C)=O)CC1)N(C)Cc1cccc(F)c1.I. The Morgan fingerprint density at radius 1 is 1.31 bits per heavy atom. The molecule has 2 rings (SSSR count). The van der Waals surface area contributed by atoms with Crippen LogP contribution in [-0.2, 0) is 11.3 Å². The van der Waals surface area contributed by atoms with E-state index in [0.29, 0.717) is 6.54 Å². The van der Waals surface area contributed by atoms with E-state index in [-0.39, 0.29) is 35.7 Å². The van der Waals surface area contributed by atoms with Crippen LogP contribution < -0.4 is 5.32 Å². The molecule has 1 aliphatic heterocycles. The van der Waals surface area contributed by atoms with Gasteiger partial charge in [0.2, 0.25) is 5.91 Å². The van der Waals surface area contributed by atoms with Gasteiger partial charge in [0, 0.05) is 66.8 Å². The second kappa shape index (κ2) is 11.3. The molecule has 1 N–H and O–H groups in total. The molecule has 1 saturated heterocycles. The number of benzene rings is 1. The Morgan fingerprint density at radius 3 is 2.58 bits per heavy atom. The van der Waals surface area contributed by atoms with Crippen molar-refractivity contribution in [1.29, 1.82) is 0 Å². The molecule has 0 aliphatic carbocycles. The average molecular weight is 477 g/mol. The van der Waals surface area contributed by atoms with Crippen molar-refractivity contribution >= 4 is 35.8 Å². The first-order chi connectivity index (χ1) is 12.0. The Hall–Kier alpha value is -1.42. The van der Waals surface area contributed by atoms with Crippen LogP contribution in [0.3, 0.4) is 0 Å². The normalized spacial score (nSPS) is 15.4. The van der Waals surface area contributed by atoms with Crippen LogP contribution >= 0.6 is 24.0 Å². The third-order valence-electron chi connectivity index (χ3n) is 4.41. The number of carbonyl (C=O) groups excluding carboxylic acids is 1. The maximum Gasteiger partial charge on any atom is 0.219 e. The molecule has 1 heterocycles. The number of piperazine rings is 1. The largest absolute Gasteiger partial charge is 0.355 e. The lowest BCUT2D eigenvalue weighted by atomic mass is 10.2. The fourth-order valence-corrected chi connectivity index (χ4v) is 2.98. The molecule has 0 radical (unpaired) electrons. The Kier molecular flexibility index (Phi) is 9.85. The number of halogens is 2. The second-order valence-electron chi connectivity index (χ2n) is 6.31. The van der Waals surface area contributed by atoms with Crippen molar-refractivity contribution in [3.8, 4) is 0 Å². The molecule has 1 aromatic carbocycles. The Labute approximate surface area is 172 Å². The van der Waals surface area contributed by atoms with E-state index in [4.69, 9.17) is 0 Å². The van der Waals surface area contributed by atoms with Crippen molar-refractivity contribution in [3.05, 3.63) is 35.6 Å². The number of amides is 1. The summed E-state index contributed by atoms with van der Waals surface area (Å²) < 4.78 is 13.3. The highest BCUT2D eigenvalue weighted by atomic mass is 127. The number of rotatable bonds is 5. The smallest absolute Gasteiger partial charge is 0.219 e. The summed E-state index contributed by atoms with van der Waals surface area (Å²) in [5.74, 6) is 0.710. The first-order valence-electron chi connectivity index (χ1n) is 8.63. The quantitative estimate of drug-likeness (QED) is 0.398. The maximum atomic E-state index is 13.3. The lowest BCUT2D eigenvalue weighted by molar-refractivity contribution is -0.130. The van der Waals surface area contributed by atoms with Crippen LogP contribution in [0.4, 0.5) is 4.39 Å². The minimum absolute atomic E-state index is 0. The lowest BCUT2D eigenvalue weighted by Gasteiger charge is -2.34. The third-order valence-corrected chi connectivity index (χ3v) is 4.41. The highest BCUT2D eigenvalue weighted by Crippen LogP contribution is 2.06. The summed E-state index contributed by atoms with van der Waals surface area (Å²) in [4.78, 5) is 21.8. The predicted molar refractivity (Wildman–Crippen MR) is 113 cm³/mol. The number of aliphatic imine (C=N–C) groups is 1. The fourth-order valence-electron chi connectivity index (χ4n) is 2.98. The number of guanidine groups is 1. The molecule has 1 amide bonds. The topological polar surface area (TPSA) is 51.2 Å². The maximum absolute atomic E-state index is 13.3. The van der Waals surface area contributed by atoms with Gasteiger partial charge in [0.1, 0.15) is 5.82 Å². The van der Waals surface area contributed by atoms with Crippen LogP contribution in [0, 0.1) is 5.82 Å². The van der Waals surface area contributed by atoms with Crippen molar-refractivity contribution in [3.63, 3.8) is 0 Å². The molecule has 6 nitrogen and oxygen atoms in total. The highest BCUT2D eigenvalue weighted by molar-refractivity contribution is 14.0. The van der Waals surface area contributed by atoms with Gasteiger partial charge in [-0.3, -0.25) is 14.7 Å². The van der Waals surface area contributed by atoms with E-state index >= 15 is 0 Å². The van der Waals surface area contributed by atoms with Gasteiger partial charge in [0.15, 0.2) is 5.96 Å². The van der Waals surface area contributed by atoms with Crippen LogP contribution in [0.1, 0.15) is 12.5 Å². The summed E-state index contributed by atoms with van der Waals surface area (Å²) in [5.41, 5.74) is 0.908. The van der Waals surface area contributed by atoms with Crippen molar-refractivity contribution in [2.45, 2.75) is 13.5 Å². The van der Waals surface area contributed by atoms with Gasteiger partial charge in [-0.25, -0.2) is 4.39 Å². The van der Waals surface area contributed by atoms with E-state index in [1.54, 1.807) is 20.0 Å². The van der Waals surface area contributed by atoms with Gasteiger partial charge in [-0.15, -0.1) is 24.0 Å². The highest BCUT2D eigenvalue weighted by Gasteiger charge is 2.18. The molecular weight excluding hydrogens is 448 g/mol. The van der Waals surface area contributed by atoms with Gasteiger partial charge in [-0.1, -0.05) is 12.1 Å². The van der Waals surface area contributed by atoms with E-state index in [0.717, 1.165) is 50.8 Å². The molecule has 0 spiro atoms. The Bertz CT molecular complexity index is 605. The van der Waals surface area contributed by atoms with Crippen molar-refractivity contribution < 1.29 is 9.18 Å². The first-order valence-corrected chi connectivity index (χ1v) is 8.63. The second-order valence-corrected chi connectivity index (χ2v) is 6.31. The lowest BCUT2D eigenvalue weighted by Crippen LogP contribution is -2.50. The minimum atomic E-state index is -0.224. The van der Waals surface area contributed by atoms with E-state index in [1.807, 2.05) is 22.9 Å². The summed E-state index contributed by atoms with van der Waals surface area (Å²) in [6, 6.07) is 6.61. The summed E-state index contributed by atoms with van der Waals surface area (Å²) in [5, 5.41) is 3.35. The molecule has 1 aromatic rings. The molecule has 0 unspecified atom stereocenters. The van der Waals surface area contributed by atoms with E-state index in [1.165, 1.54) is 12.1 Å². The molecule has 0 saturated carbocycles. The number of hydrogen-bond acceptors (Lipinski definition) is 3. The zero-order valence-corrected chi connectivity index (χ0v) is 18.1. The van der Waals surface area contributed by atoms with Crippen molar-refractivity contribution in [2.24, 2.45) is 4.99 Å². The summed E-state index contributed by atoms with van der Waals surface area (Å²) >= 11 is 0. The van der Waals surface area contributed by atoms with E-state index in [2.05, 4.69) is 15.2 Å². The molecule has 1 fully saturated rings. The van der Waals surface area contributed by atoms with Crippen LogP contribution in [0.2, 0.25) is 0 Å². The average Bonchev–Trinajstić information content (AvgIpc) is 2.59. The molecule has 0 atom stereocenters. The Balaban J connectivity index is 0.00000338. The van der Waals surface area contributed by atoms with Crippen LogP contribution in [0.15, 0.2) is 29.3 Å². The van der Waals surface area contributed by atoms with Gasteiger partial charge in [-0.05, 0) is 17.7 Å². The van der Waals surface area contributed by atoms with Crippen LogP contribution in [0.5, 0.6) is 0 Å². The first kappa shape index (κ1) is 22.6. The number of nitrogens with one attached hydrogen (secondary N) is 1. The van der Waals surface area contributed by atoms with Gasteiger partial charge in [0.05, 0.1) is 0 Å². The fraction of sp³-hybridized carbons (Fsp3) is 0.556. The molecule has 8 heteroatoms. The van der Waals surface area contributed by atoms with Gasteiger partial charge in [0.25, 0.3) is 0 Å². The zero-order chi connectivity index (χ0) is 18.2. The van der Waals surface area contributed by atoms with E-state index < -0.39 is 0 Å². The third kappa shape index (κ3) is 7.06. The van der Waals surface area contributed by atoms with Crippen molar-refractivity contribution in [2.75, 3.05) is 53.4 Å². The molecular formula is C18H29FIN5O. The molecule has 0 aromatic heterocycles. The number of hydrogen-bond donors (Lipinski definition) is 1. The monoisotopic (exact) mass is 477 g/mol. The number of nitrogens with zero attached hydrogens (tertiary/aromatic N) is 4. The standard InChI is InChI=1S/C18H28FN5O.HI/c1-15(25)24-11-9-23(10-12-24)8-7-21-18(20-2)22(3)14-16-5-4-6-17(19)13-16;/h4-6,13H,7-12,14H2,1-3H3,(H,20,21);1H. The molecule has 146 valence electrons. The Morgan fingerprint density at radius 2 is 2.00 bits per heavy atom. The van der Waals surface area contributed by atoms with Crippen molar-refractivity contribution in [1.82, 2.24) is 20.0 Å². The van der Waals surface area contributed by atoms with Crippen LogP contribution in [-0.4, -0.2) is 79.9 Å². The zero-order valence-electron chi connectivity index (χ0n) is 15.7. The van der Waals surface area contributed by atoms with E-state index in [9.17, 15) is 9.18 Å². The molecule has 0 bridgehead atoms. The number of carbonyl (C=O) groups is 1. The summed E-state index contributed by atoms with van der Waals surface area (Å²) in [6.07, 6.45) is 0. The predicted octanol–water partition coefficient (Wildman–Crippen LogP) is 1.61. The van der Waals surface area contributed by atoms with Crippen LogP contribution in [0.25, 0.3) is 0 Å². The molecule has 1 aliphatic rings. The summed E-state index contributed by atoms with van der Waals surface area (Å²) in [7, 11) is 3.68. The minimum Gasteiger partial charge on any atom is -0.355 e. The van der Waals surface area contributed by atoms with Gasteiger partial charge < -0.3 is 15.1 Å². The molecule has 26 heavy (non-hydrogen) atoms.